The number of aromatic nitrogens is 1. The average Bonchev–Trinajstić information content (AvgIpc) is 2.68. The highest BCUT2D eigenvalue weighted by molar-refractivity contribution is 5.94. The van der Waals surface area contributed by atoms with E-state index in [0.29, 0.717) is 36.4 Å². The Morgan fingerprint density at radius 3 is 2.52 bits per heavy atom. The number of H-pyrrole nitrogens is 1. The molecule has 1 aromatic heterocycles. The van der Waals surface area contributed by atoms with Crippen LogP contribution in [-0.4, -0.2) is 31.2 Å². The van der Waals surface area contributed by atoms with E-state index >= 15 is 0 Å². The number of benzene rings is 2. The van der Waals surface area contributed by atoms with Crippen molar-refractivity contribution in [3.05, 3.63) is 70.0 Å². The Hall–Kier alpha value is -3.28. The molecule has 3 aromatic rings. The van der Waals surface area contributed by atoms with Crippen LogP contribution in [-0.2, 0) is 6.42 Å². The van der Waals surface area contributed by atoms with E-state index in [1.165, 1.54) is 0 Å². The fourth-order valence-corrected chi connectivity index (χ4v) is 2.82. The van der Waals surface area contributed by atoms with Gasteiger partial charge in [0.05, 0.1) is 19.2 Å². The summed E-state index contributed by atoms with van der Waals surface area (Å²) >= 11 is 0. The molecule has 0 aliphatic heterocycles. The minimum atomic E-state index is -0.181. The molecule has 1 amide bonds. The van der Waals surface area contributed by atoms with Gasteiger partial charge in [0, 0.05) is 23.7 Å². The Morgan fingerprint density at radius 1 is 1.07 bits per heavy atom. The van der Waals surface area contributed by atoms with Crippen molar-refractivity contribution in [2.75, 3.05) is 20.3 Å². The lowest BCUT2D eigenvalue weighted by atomic mass is 10.1. The maximum Gasteiger partial charge on any atom is 0.251 e. The second kappa shape index (κ2) is 8.40. The zero-order valence-corrected chi connectivity index (χ0v) is 15.4. The standard InChI is InChI=1S/C21H22N2O4/c1-3-27-17-7-4-14(5-8-17)20(24)22-11-10-16-12-15-6-9-18(26-2)13-19(15)23-21(16)25/h4-9,12-13H,3,10-11H2,1-2H3,(H,22,24)(H,23,25). The molecule has 0 saturated heterocycles. The second-order valence-corrected chi connectivity index (χ2v) is 6.04. The smallest absolute Gasteiger partial charge is 0.251 e. The third-order valence-corrected chi connectivity index (χ3v) is 4.24. The van der Waals surface area contributed by atoms with Crippen molar-refractivity contribution in [1.82, 2.24) is 10.3 Å². The molecule has 6 heteroatoms. The first-order valence-corrected chi connectivity index (χ1v) is 8.81. The molecule has 0 bridgehead atoms. The van der Waals surface area contributed by atoms with Gasteiger partial charge < -0.3 is 19.8 Å². The van der Waals surface area contributed by atoms with Gasteiger partial charge in [-0.2, -0.15) is 0 Å². The molecule has 0 aliphatic rings. The van der Waals surface area contributed by atoms with Crippen molar-refractivity contribution in [3.63, 3.8) is 0 Å². The number of pyridine rings is 1. The number of aromatic amines is 1. The number of carbonyl (C=O) groups is 1. The predicted octanol–water partition coefficient (Wildman–Crippen LogP) is 2.91. The lowest BCUT2D eigenvalue weighted by Crippen LogP contribution is -2.27. The maximum atomic E-state index is 12.3. The Balaban J connectivity index is 1.63. The SMILES string of the molecule is CCOc1ccc(C(=O)NCCc2cc3ccc(OC)cc3[nH]c2=O)cc1. The topological polar surface area (TPSA) is 80.4 Å². The molecule has 0 aliphatic carbocycles. The van der Waals surface area contributed by atoms with Gasteiger partial charge in [-0.25, -0.2) is 0 Å². The fourth-order valence-electron chi connectivity index (χ4n) is 2.82. The summed E-state index contributed by atoms with van der Waals surface area (Å²) in [7, 11) is 1.58. The molecule has 1 heterocycles. The van der Waals surface area contributed by atoms with Crippen molar-refractivity contribution in [2.24, 2.45) is 0 Å². The molecule has 3 rings (SSSR count). The van der Waals surface area contributed by atoms with Crippen LogP contribution in [0.4, 0.5) is 0 Å². The van der Waals surface area contributed by atoms with Crippen LogP contribution in [0.3, 0.4) is 0 Å². The number of ether oxygens (including phenoxy) is 2. The summed E-state index contributed by atoms with van der Waals surface area (Å²) in [5, 5.41) is 3.76. The molecular weight excluding hydrogens is 344 g/mol. The van der Waals surface area contributed by atoms with Gasteiger partial charge in [0.15, 0.2) is 0 Å². The van der Waals surface area contributed by atoms with E-state index in [4.69, 9.17) is 9.47 Å². The molecule has 0 spiro atoms. The fraction of sp³-hybridized carbons (Fsp3) is 0.238. The summed E-state index contributed by atoms with van der Waals surface area (Å²) in [6.45, 7) is 2.86. The third kappa shape index (κ3) is 4.47. The first-order valence-electron chi connectivity index (χ1n) is 8.81. The van der Waals surface area contributed by atoms with Crippen molar-refractivity contribution < 1.29 is 14.3 Å². The van der Waals surface area contributed by atoms with Crippen LogP contribution in [0.25, 0.3) is 10.9 Å². The van der Waals surface area contributed by atoms with Crippen LogP contribution in [0.15, 0.2) is 53.3 Å². The minimum absolute atomic E-state index is 0.161. The number of nitrogens with one attached hydrogen (secondary N) is 2. The summed E-state index contributed by atoms with van der Waals surface area (Å²) in [4.78, 5) is 27.3. The number of hydrogen-bond acceptors (Lipinski definition) is 4. The largest absolute Gasteiger partial charge is 0.497 e. The van der Waals surface area contributed by atoms with Crippen LogP contribution in [0.5, 0.6) is 11.5 Å². The molecule has 6 nitrogen and oxygen atoms in total. The molecule has 27 heavy (non-hydrogen) atoms. The van der Waals surface area contributed by atoms with Crippen LogP contribution in [0.1, 0.15) is 22.8 Å². The number of fused-ring (bicyclic) bond motifs is 1. The first kappa shape index (κ1) is 18.5. The van der Waals surface area contributed by atoms with E-state index in [0.717, 1.165) is 16.7 Å². The zero-order chi connectivity index (χ0) is 19.2. The molecule has 0 radical (unpaired) electrons. The minimum Gasteiger partial charge on any atom is -0.497 e. The summed E-state index contributed by atoms with van der Waals surface area (Å²) in [5.74, 6) is 1.24. The van der Waals surface area contributed by atoms with Gasteiger partial charge in [-0.05, 0) is 61.2 Å². The van der Waals surface area contributed by atoms with Crippen molar-refractivity contribution >= 4 is 16.8 Å². The normalized spacial score (nSPS) is 10.6. The van der Waals surface area contributed by atoms with Gasteiger partial charge in [0.2, 0.25) is 0 Å². The lowest BCUT2D eigenvalue weighted by molar-refractivity contribution is 0.0954. The molecule has 2 N–H and O–H groups in total. The van der Waals surface area contributed by atoms with Gasteiger partial charge in [-0.3, -0.25) is 9.59 Å². The van der Waals surface area contributed by atoms with E-state index in [9.17, 15) is 9.59 Å². The van der Waals surface area contributed by atoms with Crippen LogP contribution < -0.4 is 20.3 Å². The number of methoxy groups -OCH3 is 1. The van der Waals surface area contributed by atoms with Crippen LogP contribution >= 0.6 is 0 Å². The highest BCUT2D eigenvalue weighted by Gasteiger charge is 2.08. The highest BCUT2D eigenvalue weighted by atomic mass is 16.5. The number of carbonyl (C=O) groups excluding carboxylic acids is 1. The van der Waals surface area contributed by atoms with Gasteiger partial charge in [0.1, 0.15) is 11.5 Å². The van der Waals surface area contributed by atoms with Crippen molar-refractivity contribution in [3.8, 4) is 11.5 Å². The third-order valence-electron chi connectivity index (χ3n) is 4.24. The maximum absolute atomic E-state index is 12.3. The predicted molar refractivity (Wildman–Crippen MR) is 105 cm³/mol. The first-order chi connectivity index (χ1) is 13.1. The summed E-state index contributed by atoms with van der Waals surface area (Å²) in [6, 6.07) is 14.3. The zero-order valence-electron chi connectivity index (χ0n) is 15.4. The quantitative estimate of drug-likeness (QED) is 0.674. The van der Waals surface area contributed by atoms with Crippen molar-refractivity contribution in [1.29, 1.82) is 0 Å². The summed E-state index contributed by atoms with van der Waals surface area (Å²) in [5.41, 5.74) is 1.74. The summed E-state index contributed by atoms with van der Waals surface area (Å²) < 4.78 is 10.5. The van der Waals surface area contributed by atoms with Gasteiger partial charge in [-0.15, -0.1) is 0 Å². The molecule has 0 saturated carbocycles. The average molecular weight is 366 g/mol. The molecule has 140 valence electrons. The number of amides is 1. The summed E-state index contributed by atoms with van der Waals surface area (Å²) in [6.07, 6.45) is 0.445. The van der Waals surface area contributed by atoms with Crippen molar-refractivity contribution in [2.45, 2.75) is 13.3 Å². The van der Waals surface area contributed by atoms with Gasteiger partial charge >= 0.3 is 0 Å². The van der Waals surface area contributed by atoms with E-state index in [1.54, 1.807) is 37.4 Å². The highest BCUT2D eigenvalue weighted by Crippen LogP contribution is 2.18. The Bertz CT molecular complexity index is 993. The monoisotopic (exact) mass is 366 g/mol. The molecule has 0 unspecified atom stereocenters. The van der Waals surface area contributed by atoms with Gasteiger partial charge in [-0.1, -0.05) is 0 Å². The van der Waals surface area contributed by atoms with Crippen LogP contribution in [0, 0.1) is 0 Å². The Morgan fingerprint density at radius 2 is 1.81 bits per heavy atom. The van der Waals surface area contributed by atoms with Crippen LogP contribution in [0.2, 0.25) is 0 Å². The molecular formula is C21H22N2O4. The van der Waals surface area contributed by atoms with E-state index < -0.39 is 0 Å². The number of hydrogen-bond donors (Lipinski definition) is 2. The lowest BCUT2D eigenvalue weighted by Gasteiger charge is -2.08. The van der Waals surface area contributed by atoms with E-state index in [2.05, 4.69) is 10.3 Å². The molecule has 2 aromatic carbocycles. The Labute approximate surface area is 157 Å². The Kier molecular flexibility index (Phi) is 5.76. The second-order valence-electron chi connectivity index (χ2n) is 6.04. The van der Waals surface area contributed by atoms with Gasteiger partial charge in [0.25, 0.3) is 11.5 Å². The number of rotatable bonds is 7. The molecule has 0 atom stereocenters. The van der Waals surface area contributed by atoms with E-state index in [-0.39, 0.29) is 11.5 Å². The molecule has 0 fully saturated rings. The van der Waals surface area contributed by atoms with E-state index in [1.807, 2.05) is 25.1 Å².